The highest BCUT2D eigenvalue weighted by Gasteiger charge is 2.31. The zero-order chi connectivity index (χ0) is 32.5. The first-order valence-corrected chi connectivity index (χ1v) is 17.4. The van der Waals surface area contributed by atoms with E-state index in [4.69, 9.17) is 0 Å². The SMILES string of the molecule is c1ccc2c(-n3c4cccc5c6ccccc6c6c(c54)-c4c5c(cccc5n6-c5cccc6ccccc56)c5ccccc5c43)cccc2c1. The highest BCUT2D eigenvalue weighted by molar-refractivity contribution is 6.38. The smallest absolute Gasteiger partial charge is 0.0627 e. The van der Waals surface area contributed by atoms with Crippen molar-refractivity contribution in [2.24, 2.45) is 0 Å². The lowest BCUT2D eigenvalue weighted by Gasteiger charge is -2.31. The van der Waals surface area contributed by atoms with Gasteiger partial charge in [-0.2, -0.15) is 0 Å². The number of hydrogen-bond donors (Lipinski definition) is 0. The molecule has 0 bridgehead atoms. The maximum atomic E-state index is 2.58. The second-order valence-corrected chi connectivity index (χ2v) is 13.6. The molecule has 0 saturated carbocycles. The van der Waals surface area contributed by atoms with Gasteiger partial charge < -0.3 is 9.13 Å². The van der Waals surface area contributed by atoms with E-state index in [9.17, 15) is 0 Å². The van der Waals surface area contributed by atoms with Crippen LogP contribution in [0.3, 0.4) is 0 Å². The summed E-state index contributed by atoms with van der Waals surface area (Å²) in [6, 6.07) is 63.0. The van der Waals surface area contributed by atoms with Gasteiger partial charge in [0.25, 0.3) is 0 Å². The molecule has 2 heteroatoms. The van der Waals surface area contributed by atoms with Gasteiger partial charge in [-0.05, 0) is 56.6 Å². The molecule has 0 aliphatic carbocycles. The van der Waals surface area contributed by atoms with E-state index in [1.165, 1.54) is 109 Å². The molecular weight excluding hydrogens is 605 g/mol. The zero-order valence-electron chi connectivity index (χ0n) is 27.1. The fourth-order valence-corrected chi connectivity index (χ4v) is 9.28. The van der Waals surface area contributed by atoms with E-state index >= 15 is 0 Å². The minimum absolute atomic E-state index is 1.20. The molecule has 2 aliphatic rings. The molecule has 0 radical (unpaired) electrons. The summed E-state index contributed by atoms with van der Waals surface area (Å²) in [5.41, 5.74) is 9.99. The van der Waals surface area contributed by atoms with Gasteiger partial charge >= 0.3 is 0 Å². The lowest BCUT2D eigenvalue weighted by Crippen LogP contribution is -2.11. The van der Waals surface area contributed by atoms with Crippen LogP contribution in [0.1, 0.15) is 0 Å². The predicted octanol–water partition coefficient (Wildman–Crippen LogP) is 13.0. The topological polar surface area (TPSA) is 9.86 Å². The molecule has 10 aromatic rings. The molecule has 0 spiro atoms. The Balaban J connectivity index is 1.48. The van der Waals surface area contributed by atoms with E-state index in [1.54, 1.807) is 0 Å². The van der Waals surface area contributed by atoms with Crippen molar-refractivity contribution < 1.29 is 0 Å². The van der Waals surface area contributed by atoms with Gasteiger partial charge in [0.05, 0.1) is 33.4 Å². The van der Waals surface area contributed by atoms with Crippen LogP contribution in [0.2, 0.25) is 0 Å². The number of benzene rings is 10. The van der Waals surface area contributed by atoms with Crippen molar-refractivity contribution in [2.75, 3.05) is 0 Å². The number of nitrogens with zero attached hydrogens (tertiary/aromatic N) is 2. The van der Waals surface area contributed by atoms with Crippen LogP contribution in [0.25, 0.3) is 109 Å². The lowest BCUT2D eigenvalue weighted by atomic mass is 9.82. The Bertz CT molecular complexity index is 3080. The number of pyridine rings is 2. The molecule has 230 valence electrons. The van der Waals surface area contributed by atoms with E-state index in [2.05, 4.69) is 179 Å². The summed E-state index contributed by atoms with van der Waals surface area (Å²) in [7, 11) is 0. The minimum atomic E-state index is 1.20. The van der Waals surface area contributed by atoms with Gasteiger partial charge in [-0.25, -0.2) is 0 Å². The Labute approximate surface area is 287 Å². The molecule has 2 heterocycles. The number of rotatable bonds is 2. The van der Waals surface area contributed by atoms with Crippen molar-refractivity contribution in [1.82, 2.24) is 9.13 Å². The first kappa shape index (κ1) is 26.3. The standard InChI is InChI=1S/C48H28N2/c1-3-17-31-29(13-1)15-9-25-39(31)49-41-27-11-23-35-34-20-6-8-22-38(34)48-46(43(35)41)45-44-36(33-19-5-7-21-37(33)47(45)49)24-12-28-42(44)50(48)40-26-10-16-30-14-2-4-18-32(30)40/h1-28H. The van der Waals surface area contributed by atoms with Crippen LogP contribution in [0.4, 0.5) is 0 Å². The number of fused-ring (bicyclic) bond motifs is 8. The highest BCUT2D eigenvalue weighted by atomic mass is 15.0. The van der Waals surface area contributed by atoms with Crippen molar-refractivity contribution >= 4 is 86.7 Å². The molecule has 0 unspecified atom stereocenters. The van der Waals surface area contributed by atoms with E-state index in [0.717, 1.165) is 0 Å². The molecule has 2 aliphatic heterocycles. The Morgan fingerprint density at radius 2 is 0.600 bits per heavy atom. The molecule has 0 saturated heterocycles. The normalized spacial score (nSPS) is 12.4. The van der Waals surface area contributed by atoms with Crippen LogP contribution in [-0.2, 0) is 0 Å². The Kier molecular flexibility index (Phi) is 5.00. The lowest BCUT2D eigenvalue weighted by molar-refractivity contribution is 1.16. The van der Waals surface area contributed by atoms with Gasteiger partial charge in [-0.1, -0.05) is 146 Å². The average molecular weight is 633 g/mol. The summed E-state index contributed by atoms with van der Waals surface area (Å²) in [6.07, 6.45) is 0. The second kappa shape index (κ2) is 9.49. The summed E-state index contributed by atoms with van der Waals surface area (Å²) in [5, 5.41) is 15.2. The largest absolute Gasteiger partial charge is 0.308 e. The van der Waals surface area contributed by atoms with Crippen LogP contribution in [0.5, 0.6) is 0 Å². The van der Waals surface area contributed by atoms with Crippen LogP contribution in [0.15, 0.2) is 170 Å². The van der Waals surface area contributed by atoms with Crippen molar-refractivity contribution in [3.63, 3.8) is 0 Å². The van der Waals surface area contributed by atoms with Gasteiger partial charge in [0, 0.05) is 43.4 Å². The third-order valence-corrected chi connectivity index (χ3v) is 11.2. The third-order valence-electron chi connectivity index (χ3n) is 11.2. The monoisotopic (exact) mass is 632 g/mol. The Morgan fingerprint density at radius 3 is 1.06 bits per heavy atom. The van der Waals surface area contributed by atoms with E-state index in [-0.39, 0.29) is 0 Å². The van der Waals surface area contributed by atoms with Crippen LogP contribution in [0, 0.1) is 0 Å². The van der Waals surface area contributed by atoms with Crippen molar-refractivity contribution in [3.8, 4) is 22.5 Å². The number of aromatic nitrogens is 2. The van der Waals surface area contributed by atoms with E-state index in [1.807, 2.05) is 0 Å². The van der Waals surface area contributed by atoms with Crippen molar-refractivity contribution in [1.29, 1.82) is 0 Å². The van der Waals surface area contributed by atoms with E-state index < -0.39 is 0 Å². The fourth-order valence-electron chi connectivity index (χ4n) is 9.28. The second-order valence-electron chi connectivity index (χ2n) is 13.6. The molecule has 12 rings (SSSR count). The average Bonchev–Trinajstić information content (AvgIpc) is 3.19. The first-order chi connectivity index (χ1) is 24.9. The molecule has 0 N–H and O–H groups in total. The highest BCUT2D eigenvalue weighted by Crippen LogP contribution is 2.54. The molecular formula is C48H28N2. The summed E-state index contributed by atoms with van der Waals surface area (Å²) in [5.74, 6) is 0. The maximum absolute atomic E-state index is 2.58. The van der Waals surface area contributed by atoms with Crippen LogP contribution in [-0.4, -0.2) is 9.13 Å². The summed E-state index contributed by atoms with van der Waals surface area (Å²) < 4.78 is 5.16. The summed E-state index contributed by atoms with van der Waals surface area (Å²) >= 11 is 0. The van der Waals surface area contributed by atoms with Gasteiger partial charge in [-0.3, -0.25) is 0 Å². The van der Waals surface area contributed by atoms with Gasteiger partial charge in [0.2, 0.25) is 0 Å². The molecule has 2 nitrogen and oxygen atoms in total. The van der Waals surface area contributed by atoms with Gasteiger partial charge in [0.1, 0.15) is 0 Å². The maximum Gasteiger partial charge on any atom is 0.0627 e. The fraction of sp³-hybridized carbons (Fsp3) is 0. The molecule has 0 amide bonds. The summed E-state index contributed by atoms with van der Waals surface area (Å²) in [4.78, 5) is 0. The van der Waals surface area contributed by atoms with Gasteiger partial charge in [-0.15, -0.1) is 0 Å². The molecule has 0 atom stereocenters. The Morgan fingerprint density at radius 1 is 0.260 bits per heavy atom. The zero-order valence-corrected chi connectivity index (χ0v) is 27.1. The predicted molar refractivity (Wildman–Crippen MR) is 213 cm³/mol. The Hall–Kier alpha value is -6.64. The quantitative estimate of drug-likeness (QED) is 0.133. The number of hydrogen-bond acceptors (Lipinski definition) is 0. The van der Waals surface area contributed by atoms with E-state index in [0.29, 0.717) is 0 Å². The third kappa shape index (κ3) is 3.19. The molecule has 0 fully saturated rings. The summed E-state index contributed by atoms with van der Waals surface area (Å²) in [6.45, 7) is 0. The molecule has 50 heavy (non-hydrogen) atoms. The van der Waals surface area contributed by atoms with Crippen LogP contribution >= 0.6 is 0 Å². The molecule has 0 aromatic heterocycles. The molecule has 10 aromatic carbocycles. The van der Waals surface area contributed by atoms with Crippen molar-refractivity contribution in [2.45, 2.75) is 0 Å². The van der Waals surface area contributed by atoms with Crippen LogP contribution < -0.4 is 0 Å². The van der Waals surface area contributed by atoms with Crippen molar-refractivity contribution in [3.05, 3.63) is 170 Å². The van der Waals surface area contributed by atoms with Gasteiger partial charge in [0.15, 0.2) is 0 Å². The first-order valence-electron chi connectivity index (χ1n) is 17.4. The minimum Gasteiger partial charge on any atom is -0.308 e.